The van der Waals surface area contributed by atoms with E-state index in [-0.39, 0.29) is 0 Å². The Labute approximate surface area is 126 Å². The number of para-hydroxylation sites is 1. The van der Waals surface area contributed by atoms with Crippen LogP contribution >= 0.6 is 0 Å². The van der Waals surface area contributed by atoms with Gasteiger partial charge in [0.15, 0.2) is 0 Å². The maximum absolute atomic E-state index is 2.33. The summed E-state index contributed by atoms with van der Waals surface area (Å²) in [7, 11) is 4.15. The summed E-state index contributed by atoms with van der Waals surface area (Å²) in [5.74, 6) is 0. The zero-order valence-corrected chi connectivity index (χ0v) is 13.0. The van der Waals surface area contributed by atoms with Crippen molar-refractivity contribution in [3.05, 3.63) is 65.9 Å². The number of hydrogen-bond donors (Lipinski definition) is 0. The number of fused-ring (bicyclic) bond motifs is 1. The van der Waals surface area contributed by atoms with Gasteiger partial charge >= 0.3 is 0 Å². The van der Waals surface area contributed by atoms with Gasteiger partial charge in [-0.3, -0.25) is 0 Å². The summed E-state index contributed by atoms with van der Waals surface area (Å²) in [5, 5.41) is 1.37. The van der Waals surface area contributed by atoms with Crippen LogP contribution in [0.5, 0.6) is 0 Å². The zero-order chi connectivity index (χ0) is 14.8. The van der Waals surface area contributed by atoms with Crippen LogP contribution in [0.2, 0.25) is 0 Å². The molecule has 2 nitrogen and oxygen atoms in total. The van der Waals surface area contributed by atoms with E-state index in [2.05, 4.69) is 85.2 Å². The van der Waals surface area contributed by atoms with E-state index in [1.165, 1.54) is 27.7 Å². The first kappa shape index (κ1) is 13.7. The minimum Gasteiger partial charge on any atom is -0.378 e. The lowest BCUT2D eigenvalue weighted by Crippen LogP contribution is -2.08. The monoisotopic (exact) mass is 278 g/mol. The molecule has 3 aromatic rings. The van der Waals surface area contributed by atoms with Gasteiger partial charge in [0.1, 0.15) is 0 Å². The highest BCUT2D eigenvalue weighted by molar-refractivity contribution is 5.84. The first-order chi connectivity index (χ1) is 10.2. The number of hydrogen-bond acceptors (Lipinski definition) is 1. The molecule has 108 valence electrons. The van der Waals surface area contributed by atoms with Crippen LogP contribution in [-0.4, -0.2) is 18.7 Å². The van der Waals surface area contributed by atoms with Crippen molar-refractivity contribution in [2.75, 3.05) is 19.0 Å². The van der Waals surface area contributed by atoms with E-state index >= 15 is 0 Å². The fourth-order valence-corrected chi connectivity index (χ4v) is 2.86. The molecular weight excluding hydrogens is 256 g/mol. The third kappa shape index (κ3) is 2.66. The second-order valence-corrected chi connectivity index (χ2v) is 5.70. The maximum atomic E-state index is 2.33. The van der Waals surface area contributed by atoms with E-state index in [1.54, 1.807) is 0 Å². The topological polar surface area (TPSA) is 8.17 Å². The summed E-state index contributed by atoms with van der Waals surface area (Å²) in [6, 6.07) is 17.5. The van der Waals surface area contributed by atoms with Gasteiger partial charge in [0.2, 0.25) is 0 Å². The van der Waals surface area contributed by atoms with Gasteiger partial charge in [-0.2, -0.15) is 0 Å². The molecule has 0 aliphatic rings. The van der Waals surface area contributed by atoms with Crippen molar-refractivity contribution in [2.45, 2.75) is 19.9 Å². The second-order valence-electron chi connectivity index (χ2n) is 5.70. The van der Waals surface area contributed by atoms with E-state index in [4.69, 9.17) is 0 Å². The molecule has 0 saturated carbocycles. The molecule has 0 N–H and O–H groups in total. The Kier molecular flexibility index (Phi) is 3.70. The summed E-state index contributed by atoms with van der Waals surface area (Å²) in [5.41, 5.74) is 5.35. The summed E-state index contributed by atoms with van der Waals surface area (Å²) >= 11 is 0. The Morgan fingerprint density at radius 1 is 0.952 bits per heavy atom. The predicted molar refractivity (Wildman–Crippen MR) is 91.2 cm³/mol. The first-order valence-corrected chi connectivity index (χ1v) is 7.52. The maximum Gasteiger partial charge on any atom is 0.0483 e. The highest BCUT2D eigenvalue weighted by Gasteiger charge is 2.07. The van der Waals surface area contributed by atoms with Crippen LogP contribution in [0.4, 0.5) is 5.69 Å². The van der Waals surface area contributed by atoms with Crippen LogP contribution in [-0.2, 0) is 13.0 Å². The van der Waals surface area contributed by atoms with Gasteiger partial charge in [-0.05, 0) is 42.7 Å². The molecule has 21 heavy (non-hydrogen) atoms. The van der Waals surface area contributed by atoms with Gasteiger partial charge in [0.05, 0.1) is 0 Å². The highest BCUT2D eigenvalue weighted by Crippen LogP contribution is 2.24. The second kappa shape index (κ2) is 5.65. The summed E-state index contributed by atoms with van der Waals surface area (Å²) < 4.78 is 2.33. The number of benzene rings is 2. The Bertz CT molecular complexity index is 736. The number of aromatic nitrogens is 1. The minimum absolute atomic E-state index is 0.987. The molecule has 0 bridgehead atoms. The van der Waals surface area contributed by atoms with Crippen LogP contribution in [0.25, 0.3) is 10.9 Å². The van der Waals surface area contributed by atoms with Crippen LogP contribution in [0.1, 0.15) is 18.1 Å². The average molecular weight is 278 g/mol. The van der Waals surface area contributed by atoms with Crippen molar-refractivity contribution in [1.29, 1.82) is 0 Å². The molecule has 0 atom stereocenters. The van der Waals surface area contributed by atoms with Gasteiger partial charge in [0.25, 0.3) is 0 Å². The summed E-state index contributed by atoms with van der Waals surface area (Å²) in [4.78, 5) is 2.13. The van der Waals surface area contributed by atoms with Crippen molar-refractivity contribution >= 4 is 16.6 Å². The zero-order valence-electron chi connectivity index (χ0n) is 13.0. The molecule has 2 aromatic carbocycles. The van der Waals surface area contributed by atoms with E-state index in [0.717, 1.165) is 13.0 Å². The van der Waals surface area contributed by atoms with E-state index < -0.39 is 0 Å². The molecule has 0 saturated heterocycles. The Hall–Kier alpha value is -2.22. The quantitative estimate of drug-likeness (QED) is 0.690. The van der Waals surface area contributed by atoms with Crippen molar-refractivity contribution in [3.63, 3.8) is 0 Å². The number of aryl methyl sites for hydroxylation is 1. The van der Waals surface area contributed by atoms with Gasteiger partial charge in [-0.25, -0.2) is 0 Å². The first-order valence-electron chi connectivity index (χ1n) is 7.52. The Morgan fingerprint density at radius 3 is 2.33 bits per heavy atom. The van der Waals surface area contributed by atoms with Crippen molar-refractivity contribution < 1.29 is 0 Å². The van der Waals surface area contributed by atoms with Crippen LogP contribution in [0.15, 0.2) is 54.7 Å². The number of anilines is 1. The summed E-state index contributed by atoms with van der Waals surface area (Å²) in [6.45, 7) is 3.21. The van der Waals surface area contributed by atoms with Crippen LogP contribution < -0.4 is 4.90 Å². The van der Waals surface area contributed by atoms with Gasteiger partial charge < -0.3 is 9.47 Å². The van der Waals surface area contributed by atoms with E-state index in [9.17, 15) is 0 Å². The molecule has 1 heterocycles. The average Bonchev–Trinajstić information content (AvgIpc) is 2.86. The van der Waals surface area contributed by atoms with Crippen molar-refractivity contribution in [3.8, 4) is 0 Å². The smallest absolute Gasteiger partial charge is 0.0483 e. The number of nitrogens with zero attached hydrogens (tertiary/aromatic N) is 2. The van der Waals surface area contributed by atoms with Crippen molar-refractivity contribution in [1.82, 2.24) is 4.57 Å². The minimum atomic E-state index is 0.987. The Morgan fingerprint density at radius 2 is 1.67 bits per heavy atom. The third-order valence-electron chi connectivity index (χ3n) is 4.06. The standard InChI is InChI=1S/C19H22N2/c1-4-21-14-16(18-7-5-6-8-19(18)21)13-15-9-11-17(12-10-15)20(2)3/h5-12,14H,4,13H2,1-3H3. The molecule has 0 fully saturated rings. The van der Waals surface area contributed by atoms with E-state index in [1.807, 2.05) is 0 Å². The van der Waals surface area contributed by atoms with Crippen LogP contribution in [0, 0.1) is 0 Å². The van der Waals surface area contributed by atoms with Crippen molar-refractivity contribution in [2.24, 2.45) is 0 Å². The molecular formula is C19H22N2. The molecule has 3 rings (SSSR count). The largest absolute Gasteiger partial charge is 0.378 e. The molecule has 0 unspecified atom stereocenters. The normalized spacial score (nSPS) is 11.0. The molecule has 0 aliphatic heterocycles. The highest BCUT2D eigenvalue weighted by atomic mass is 15.1. The lowest BCUT2D eigenvalue weighted by molar-refractivity contribution is 0.793. The van der Waals surface area contributed by atoms with Gasteiger partial charge in [0, 0.05) is 43.4 Å². The lowest BCUT2D eigenvalue weighted by atomic mass is 10.0. The van der Waals surface area contributed by atoms with Crippen LogP contribution in [0.3, 0.4) is 0 Å². The molecule has 0 aliphatic carbocycles. The third-order valence-corrected chi connectivity index (χ3v) is 4.06. The van der Waals surface area contributed by atoms with E-state index in [0.29, 0.717) is 0 Å². The number of rotatable bonds is 4. The molecule has 1 aromatic heterocycles. The molecule has 2 heteroatoms. The lowest BCUT2D eigenvalue weighted by Gasteiger charge is -2.12. The predicted octanol–water partition coefficient (Wildman–Crippen LogP) is 4.32. The molecule has 0 radical (unpaired) electrons. The fraction of sp³-hybridized carbons (Fsp3) is 0.263. The summed E-state index contributed by atoms with van der Waals surface area (Å²) in [6.07, 6.45) is 3.28. The van der Waals surface area contributed by atoms with Gasteiger partial charge in [-0.15, -0.1) is 0 Å². The van der Waals surface area contributed by atoms with Gasteiger partial charge in [-0.1, -0.05) is 30.3 Å². The molecule has 0 spiro atoms. The Balaban J connectivity index is 1.94. The fourth-order valence-electron chi connectivity index (χ4n) is 2.86. The molecule has 0 amide bonds. The SMILES string of the molecule is CCn1cc(Cc2ccc(N(C)C)cc2)c2ccccc21.